The standard InChI is InChI=1S/C14H22N2OS/c1-11-4-3-6-14(15,8-11)13(17)16(2)9-12-5-7-18-10-12/h5,7,10-11H,3-4,6,8-9,15H2,1-2H3. The highest BCUT2D eigenvalue weighted by Crippen LogP contribution is 2.31. The second-order valence-electron chi connectivity index (χ2n) is 5.65. The lowest BCUT2D eigenvalue weighted by molar-refractivity contribution is -0.138. The van der Waals surface area contributed by atoms with Crippen LogP contribution in [0.5, 0.6) is 0 Å². The van der Waals surface area contributed by atoms with E-state index < -0.39 is 5.54 Å². The van der Waals surface area contributed by atoms with Crippen molar-refractivity contribution in [2.24, 2.45) is 11.7 Å². The third kappa shape index (κ3) is 2.93. The van der Waals surface area contributed by atoms with E-state index in [4.69, 9.17) is 5.73 Å². The van der Waals surface area contributed by atoms with Crippen LogP contribution in [0.3, 0.4) is 0 Å². The van der Waals surface area contributed by atoms with Crippen LogP contribution in [-0.4, -0.2) is 23.4 Å². The first-order valence-corrected chi connectivity index (χ1v) is 7.51. The Labute approximate surface area is 113 Å². The number of amides is 1. The highest BCUT2D eigenvalue weighted by molar-refractivity contribution is 7.07. The van der Waals surface area contributed by atoms with Crippen LogP contribution in [0.2, 0.25) is 0 Å². The van der Waals surface area contributed by atoms with Gasteiger partial charge in [-0.15, -0.1) is 0 Å². The normalized spacial score (nSPS) is 28.1. The van der Waals surface area contributed by atoms with Gasteiger partial charge in [0.15, 0.2) is 0 Å². The summed E-state index contributed by atoms with van der Waals surface area (Å²) in [6.07, 6.45) is 3.90. The van der Waals surface area contributed by atoms with Gasteiger partial charge in [-0.1, -0.05) is 19.8 Å². The van der Waals surface area contributed by atoms with Crippen LogP contribution >= 0.6 is 11.3 Å². The van der Waals surface area contributed by atoms with Gasteiger partial charge in [0.05, 0.1) is 5.54 Å². The van der Waals surface area contributed by atoms with E-state index in [1.165, 1.54) is 12.0 Å². The summed E-state index contributed by atoms with van der Waals surface area (Å²) in [5.74, 6) is 0.655. The van der Waals surface area contributed by atoms with Crippen molar-refractivity contribution < 1.29 is 4.79 Å². The van der Waals surface area contributed by atoms with Crippen LogP contribution in [0, 0.1) is 5.92 Å². The minimum Gasteiger partial charge on any atom is -0.340 e. The third-order valence-electron chi connectivity index (χ3n) is 3.80. The van der Waals surface area contributed by atoms with E-state index in [9.17, 15) is 4.79 Å². The summed E-state index contributed by atoms with van der Waals surface area (Å²) in [5, 5.41) is 4.12. The van der Waals surface area contributed by atoms with Gasteiger partial charge in [-0.3, -0.25) is 4.79 Å². The van der Waals surface area contributed by atoms with Gasteiger partial charge in [-0.25, -0.2) is 0 Å². The van der Waals surface area contributed by atoms with Crippen LogP contribution in [-0.2, 0) is 11.3 Å². The number of hydrogen-bond donors (Lipinski definition) is 1. The first-order chi connectivity index (χ1) is 8.51. The number of nitrogens with two attached hydrogens (primary N) is 1. The lowest BCUT2D eigenvalue weighted by Crippen LogP contribution is -2.56. The average Bonchev–Trinajstić information content (AvgIpc) is 2.80. The molecule has 2 unspecified atom stereocenters. The Kier molecular flexibility index (Phi) is 4.07. The minimum atomic E-state index is -0.636. The molecule has 1 fully saturated rings. The van der Waals surface area contributed by atoms with Crippen molar-refractivity contribution >= 4 is 17.2 Å². The van der Waals surface area contributed by atoms with Crippen molar-refractivity contribution in [3.63, 3.8) is 0 Å². The number of carbonyl (C=O) groups is 1. The molecule has 0 radical (unpaired) electrons. The Morgan fingerprint density at radius 1 is 1.67 bits per heavy atom. The molecule has 1 aliphatic rings. The number of carbonyl (C=O) groups excluding carboxylic acids is 1. The first kappa shape index (κ1) is 13.6. The maximum Gasteiger partial charge on any atom is 0.242 e. The summed E-state index contributed by atoms with van der Waals surface area (Å²) in [6, 6.07) is 2.06. The summed E-state index contributed by atoms with van der Waals surface area (Å²) >= 11 is 1.66. The van der Waals surface area contributed by atoms with Gasteiger partial charge in [0.1, 0.15) is 0 Å². The van der Waals surface area contributed by atoms with Crippen LogP contribution in [0.4, 0.5) is 0 Å². The fourth-order valence-electron chi connectivity index (χ4n) is 2.89. The Bertz CT molecular complexity index is 404. The highest BCUT2D eigenvalue weighted by Gasteiger charge is 2.39. The lowest BCUT2D eigenvalue weighted by Gasteiger charge is -2.38. The molecule has 2 atom stereocenters. The highest BCUT2D eigenvalue weighted by atomic mass is 32.1. The van der Waals surface area contributed by atoms with Crippen LogP contribution in [0.25, 0.3) is 0 Å². The molecule has 0 aliphatic heterocycles. The molecule has 1 amide bonds. The van der Waals surface area contributed by atoms with E-state index in [2.05, 4.69) is 18.4 Å². The molecule has 1 heterocycles. The number of thiophene rings is 1. The predicted octanol–water partition coefficient (Wildman–Crippen LogP) is 2.61. The lowest BCUT2D eigenvalue weighted by atomic mass is 9.76. The SMILES string of the molecule is CC1CCCC(N)(C(=O)N(C)Cc2ccsc2)C1. The molecule has 1 aromatic heterocycles. The van der Waals surface area contributed by atoms with Crippen molar-refractivity contribution in [3.8, 4) is 0 Å². The zero-order valence-electron chi connectivity index (χ0n) is 11.2. The molecule has 0 aromatic carbocycles. The molecule has 0 bridgehead atoms. The molecule has 18 heavy (non-hydrogen) atoms. The largest absolute Gasteiger partial charge is 0.340 e. The van der Waals surface area contributed by atoms with Crippen molar-refractivity contribution in [3.05, 3.63) is 22.4 Å². The topological polar surface area (TPSA) is 46.3 Å². The minimum absolute atomic E-state index is 0.0975. The second kappa shape index (κ2) is 5.41. The Morgan fingerprint density at radius 2 is 2.44 bits per heavy atom. The zero-order valence-corrected chi connectivity index (χ0v) is 12.0. The molecule has 3 nitrogen and oxygen atoms in total. The molecular weight excluding hydrogens is 244 g/mol. The maximum atomic E-state index is 12.5. The monoisotopic (exact) mass is 266 g/mol. The molecule has 1 aliphatic carbocycles. The van der Waals surface area contributed by atoms with Gasteiger partial charge in [-0.05, 0) is 41.1 Å². The zero-order chi connectivity index (χ0) is 13.2. The summed E-state index contributed by atoms with van der Waals surface area (Å²) in [7, 11) is 1.86. The van der Waals surface area contributed by atoms with Gasteiger partial charge >= 0.3 is 0 Å². The second-order valence-corrected chi connectivity index (χ2v) is 6.43. The van der Waals surface area contributed by atoms with E-state index in [1.54, 1.807) is 16.2 Å². The number of nitrogens with zero attached hydrogens (tertiary/aromatic N) is 1. The van der Waals surface area contributed by atoms with Gasteiger partial charge in [0.25, 0.3) is 0 Å². The number of likely N-dealkylation sites (N-methyl/N-ethyl adjacent to an activating group) is 1. The molecule has 2 N–H and O–H groups in total. The molecule has 2 rings (SSSR count). The first-order valence-electron chi connectivity index (χ1n) is 6.57. The van der Waals surface area contributed by atoms with Crippen LogP contribution in [0.15, 0.2) is 16.8 Å². The van der Waals surface area contributed by atoms with Gasteiger partial charge in [-0.2, -0.15) is 11.3 Å². The van der Waals surface area contributed by atoms with Crippen molar-refractivity contribution in [1.29, 1.82) is 0 Å². The Balaban J connectivity index is 2.01. The van der Waals surface area contributed by atoms with Gasteiger partial charge in [0.2, 0.25) is 5.91 Å². The van der Waals surface area contributed by atoms with E-state index in [0.29, 0.717) is 12.5 Å². The van der Waals surface area contributed by atoms with Crippen LogP contribution < -0.4 is 5.73 Å². The Morgan fingerprint density at radius 3 is 3.06 bits per heavy atom. The third-order valence-corrected chi connectivity index (χ3v) is 4.54. The van der Waals surface area contributed by atoms with Gasteiger partial charge in [0, 0.05) is 13.6 Å². The molecular formula is C14H22N2OS. The summed E-state index contributed by atoms with van der Waals surface area (Å²) in [5.41, 5.74) is 6.88. The van der Waals surface area contributed by atoms with E-state index in [0.717, 1.165) is 19.3 Å². The van der Waals surface area contributed by atoms with Crippen molar-refractivity contribution in [2.45, 2.75) is 44.7 Å². The molecule has 4 heteroatoms. The predicted molar refractivity (Wildman–Crippen MR) is 75.3 cm³/mol. The molecule has 0 spiro atoms. The maximum absolute atomic E-state index is 12.5. The molecule has 100 valence electrons. The summed E-state index contributed by atoms with van der Waals surface area (Å²) in [6.45, 7) is 2.85. The average molecular weight is 266 g/mol. The Hall–Kier alpha value is -0.870. The van der Waals surface area contributed by atoms with Crippen LogP contribution in [0.1, 0.15) is 38.2 Å². The van der Waals surface area contributed by atoms with E-state index >= 15 is 0 Å². The molecule has 1 saturated carbocycles. The molecule has 1 aromatic rings. The van der Waals surface area contributed by atoms with Gasteiger partial charge < -0.3 is 10.6 Å². The van der Waals surface area contributed by atoms with E-state index in [1.807, 2.05) is 12.4 Å². The number of hydrogen-bond acceptors (Lipinski definition) is 3. The van der Waals surface area contributed by atoms with E-state index in [-0.39, 0.29) is 5.91 Å². The number of rotatable bonds is 3. The summed E-state index contributed by atoms with van der Waals surface area (Å²) < 4.78 is 0. The van der Waals surface area contributed by atoms with Crippen molar-refractivity contribution in [2.75, 3.05) is 7.05 Å². The summed E-state index contributed by atoms with van der Waals surface area (Å²) in [4.78, 5) is 14.3. The van der Waals surface area contributed by atoms with Crippen molar-refractivity contribution in [1.82, 2.24) is 4.90 Å². The molecule has 0 saturated heterocycles. The fourth-order valence-corrected chi connectivity index (χ4v) is 3.55. The smallest absolute Gasteiger partial charge is 0.242 e. The quantitative estimate of drug-likeness (QED) is 0.914. The fraction of sp³-hybridized carbons (Fsp3) is 0.643.